The average Bonchev–Trinajstić information content (AvgIpc) is 3.09. The lowest BCUT2D eigenvalue weighted by Crippen LogP contribution is -2.21. The van der Waals surface area contributed by atoms with E-state index in [1.807, 2.05) is 42.5 Å². The van der Waals surface area contributed by atoms with Crippen LogP contribution in [0.5, 0.6) is 11.5 Å². The summed E-state index contributed by atoms with van der Waals surface area (Å²) in [6.45, 7) is 0. The van der Waals surface area contributed by atoms with Gasteiger partial charge in [0.15, 0.2) is 0 Å². The monoisotopic (exact) mass is 368 g/mol. The van der Waals surface area contributed by atoms with E-state index in [1.54, 1.807) is 20.3 Å². The molecule has 0 radical (unpaired) electrons. The fourth-order valence-electron chi connectivity index (χ4n) is 2.61. The van der Waals surface area contributed by atoms with Gasteiger partial charge in [-0.15, -0.1) is 11.3 Å². The first-order valence-electron chi connectivity index (χ1n) is 8.09. The van der Waals surface area contributed by atoms with Crippen LogP contribution in [-0.2, 0) is 4.79 Å². The van der Waals surface area contributed by atoms with Gasteiger partial charge < -0.3 is 19.4 Å². The summed E-state index contributed by atoms with van der Waals surface area (Å²) in [4.78, 5) is 15.6. The van der Waals surface area contributed by atoms with Crippen LogP contribution in [0.2, 0.25) is 0 Å². The number of rotatable bonds is 7. The van der Waals surface area contributed by atoms with E-state index in [2.05, 4.69) is 4.98 Å². The van der Waals surface area contributed by atoms with Crippen LogP contribution in [0.3, 0.4) is 0 Å². The van der Waals surface area contributed by atoms with E-state index in [0.29, 0.717) is 17.9 Å². The topological polar surface area (TPSA) is 71.5 Å². The van der Waals surface area contributed by atoms with Crippen molar-refractivity contribution in [3.63, 3.8) is 0 Å². The molecule has 0 unspecified atom stereocenters. The number of allylic oxidation sites excluding steroid dienone is 1. The Bertz CT molecular complexity index is 928. The highest BCUT2D eigenvalue weighted by Gasteiger charge is 2.11. The van der Waals surface area contributed by atoms with E-state index in [1.165, 1.54) is 11.3 Å². The fraction of sp³-hybridized carbons (Fsp3) is 0.200. The molecule has 0 saturated carbocycles. The molecule has 26 heavy (non-hydrogen) atoms. The Morgan fingerprint density at radius 1 is 1.15 bits per heavy atom. The van der Waals surface area contributed by atoms with Crippen molar-refractivity contribution in [1.29, 1.82) is 0 Å². The van der Waals surface area contributed by atoms with Gasteiger partial charge in [0.1, 0.15) is 16.5 Å². The van der Waals surface area contributed by atoms with Gasteiger partial charge in [-0.1, -0.05) is 12.1 Å². The Labute approximate surface area is 155 Å². The number of thiazole rings is 1. The smallest absolute Gasteiger partial charge is 0.129 e. The second kappa shape index (κ2) is 8.01. The number of nitrogens with zero attached hydrogens (tertiary/aromatic N) is 1. The summed E-state index contributed by atoms with van der Waals surface area (Å²) in [7, 11) is 3.18. The van der Waals surface area contributed by atoms with Crippen LogP contribution in [0, 0.1) is 0 Å². The minimum absolute atomic E-state index is 0.0692. The van der Waals surface area contributed by atoms with E-state index in [9.17, 15) is 9.90 Å². The molecule has 0 N–H and O–H groups in total. The number of carbonyl (C=O) groups is 1. The number of benzene rings is 2. The number of fused-ring (bicyclic) bond motifs is 1. The highest BCUT2D eigenvalue weighted by molar-refractivity contribution is 7.19. The van der Waals surface area contributed by atoms with Gasteiger partial charge in [0.05, 0.1) is 24.4 Å². The maximum absolute atomic E-state index is 11.0. The Hall–Kier alpha value is -2.86. The van der Waals surface area contributed by atoms with Gasteiger partial charge in [-0.2, -0.15) is 0 Å². The number of carboxylic acids is 1. The maximum Gasteiger partial charge on any atom is 0.129 e. The van der Waals surface area contributed by atoms with Gasteiger partial charge in [0.25, 0.3) is 0 Å². The lowest BCUT2D eigenvalue weighted by Gasteiger charge is -2.10. The van der Waals surface area contributed by atoms with Crippen LogP contribution in [0.15, 0.2) is 42.5 Å². The summed E-state index contributed by atoms with van der Waals surface area (Å²) >= 11 is 1.54. The number of para-hydroxylation sites is 1. The molecule has 0 fully saturated rings. The van der Waals surface area contributed by atoms with Crippen molar-refractivity contribution in [1.82, 2.24) is 4.98 Å². The van der Waals surface area contributed by atoms with Crippen molar-refractivity contribution in [3.05, 3.63) is 53.0 Å². The number of aliphatic carboxylic acids is 1. The molecule has 0 aliphatic heterocycles. The summed E-state index contributed by atoms with van der Waals surface area (Å²) in [6.07, 6.45) is 2.18. The first kappa shape index (κ1) is 17.9. The zero-order valence-corrected chi connectivity index (χ0v) is 15.3. The van der Waals surface area contributed by atoms with E-state index in [4.69, 9.17) is 9.47 Å². The van der Waals surface area contributed by atoms with Crippen molar-refractivity contribution in [3.8, 4) is 11.5 Å². The minimum Gasteiger partial charge on any atom is -0.550 e. The molecule has 0 amide bonds. The highest BCUT2D eigenvalue weighted by atomic mass is 32.1. The summed E-state index contributed by atoms with van der Waals surface area (Å²) < 4.78 is 11.7. The molecule has 6 heteroatoms. The molecule has 5 nitrogen and oxygen atoms in total. The largest absolute Gasteiger partial charge is 0.550 e. The van der Waals surface area contributed by atoms with Gasteiger partial charge in [-0.3, -0.25) is 0 Å². The molecule has 0 spiro atoms. The van der Waals surface area contributed by atoms with Crippen LogP contribution in [0.4, 0.5) is 0 Å². The van der Waals surface area contributed by atoms with Crippen LogP contribution in [0.25, 0.3) is 21.9 Å². The second-order valence-corrected chi connectivity index (χ2v) is 6.67. The summed E-state index contributed by atoms with van der Waals surface area (Å²) in [5, 5.41) is 11.8. The fourth-order valence-corrected chi connectivity index (χ4v) is 3.62. The van der Waals surface area contributed by atoms with Gasteiger partial charge in [0.2, 0.25) is 0 Å². The molecule has 0 bridgehead atoms. The average molecular weight is 368 g/mol. The second-order valence-electron chi connectivity index (χ2n) is 5.64. The first-order valence-corrected chi connectivity index (χ1v) is 8.90. The SMILES string of the molecule is COc1ccc(/C=C(\CCC(=O)[O-])c2nc3ccccc3s2)c(OC)c1. The number of carbonyl (C=O) groups excluding carboxylic acids is 1. The van der Waals surface area contributed by atoms with Gasteiger partial charge >= 0.3 is 0 Å². The molecular formula is C20H18NO4S-. The molecule has 0 saturated heterocycles. The number of methoxy groups -OCH3 is 2. The quantitative estimate of drug-likeness (QED) is 0.639. The Kier molecular flexibility index (Phi) is 5.53. The third-order valence-corrected chi connectivity index (χ3v) is 5.05. The van der Waals surface area contributed by atoms with Crippen molar-refractivity contribution in [2.24, 2.45) is 0 Å². The van der Waals surface area contributed by atoms with Crippen LogP contribution in [-0.4, -0.2) is 25.2 Å². The van der Waals surface area contributed by atoms with Crippen molar-refractivity contribution in [2.75, 3.05) is 14.2 Å². The van der Waals surface area contributed by atoms with Crippen LogP contribution >= 0.6 is 11.3 Å². The van der Waals surface area contributed by atoms with Gasteiger partial charge in [0, 0.05) is 17.6 Å². The predicted octanol–water partition coefficient (Wildman–Crippen LogP) is 3.38. The molecule has 3 aromatic rings. The van der Waals surface area contributed by atoms with E-state index in [0.717, 1.165) is 26.4 Å². The number of hydrogen-bond donors (Lipinski definition) is 0. The van der Waals surface area contributed by atoms with E-state index >= 15 is 0 Å². The molecular weight excluding hydrogens is 350 g/mol. The summed E-state index contributed by atoms with van der Waals surface area (Å²) in [5.74, 6) is 0.255. The Morgan fingerprint density at radius 2 is 1.96 bits per heavy atom. The first-order chi connectivity index (χ1) is 12.6. The summed E-state index contributed by atoms with van der Waals surface area (Å²) in [5.41, 5.74) is 2.56. The molecule has 2 aromatic carbocycles. The third-order valence-electron chi connectivity index (χ3n) is 3.94. The highest BCUT2D eigenvalue weighted by Crippen LogP contribution is 2.33. The minimum atomic E-state index is -1.08. The molecule has 0 aliphatic carbocycles. The van der Waals surface area contributed by atoms with E-state index in [-0.39, 0.29) is 6.42 Å². The summed E-state index contributed by atoms with van der Waals surface area (Å²) in [6, 6.07) is 13.3. The zero-order valence-electron chi connectivity index (χ0n) is 14.5. The lowest BCUT2D eigenvalue weighted by molar-refractivity contribution is -0.305. The molecule has 0 atom stereocenters. The maximum atomic E-state index is 11.0. The number of carboxylic acid groups (broad SMARTS) is 1. The molecule has 1 aromatic heterocycles. The van der Waals surface area contributed by atoms with Crippen LogP contribution in [0.1, 0.15) is 23.4 Å². The predicted molar refractivity (Wildman–Crippen MR) is 101 cm³/mol. The molecule has 134 valence electrons. The van der Waals surface area contributed by atoms with E-state index < -0.39 is 5.97 Å². The third kappa shape index (κ3) is 4.03. The molecule has 0 aliphatic rings. The molecule has 1 heterocycles. The van der Waals surface area contributed by atoms with Crippen molar-refractivity contribution in [2.45, 2.75) is 12.8 Å². The normalized spacial score (nSPS) is 11.5. The molecule has 3 rings (SSSR count). The lowest BCUT2D eigenvalue weighted by atomic mass is 10.1. The number of hydrogen-bond acceptors (Lipinski definition) is 6. The van der Waals surface area contributed by atoms with Crippen molar-refractivity contribution >= 4 is 39.2 Å². The van der Waals surface area contributed by atoms with Crippen molar-refractivity contribution < 1.29 is 19.4 Å². The zero-order chi connectivity index (χ0) is 18.5. The number of aromatic nitrogens is 1. The standard InChI is InChI=1S/C20H19NO4S/c1-24-15-9-7-13(17(12-15)25-2)11-14(8-10-19(22)23)20-21-16-5-3-4-6-18(16)26-20/h3-7,9,11-12H,8,10H2,1-2H3,(H,22,23)/p-1/b14-11+. The van der Waals surface area contributed by atoms with Crippen LogP contribution < -0.4 is 14.6 Å². The Balaban J connectivity index is 2.05. The van der Waals surface area contributed by atoms with Gasteiger partial charge in [-0.05, 0) is 48.8 Å². The number of ether oxygens (including phenoxy) is 2. The Morgan fingerprint density at radius 3 is 2.65 bits per heavy atom. The van der Waals surface area contributed by atoms with Gasteiger partial charge in [-0.25, -0.2) is 4.98 Å².